The largest absolute Gasteiger partial charge is 0.338 e. The van der Waals surface area contributed by atoms with E-state index in [1.165, 1.54) is 0 Å². The van der Waals surface area contributed by atoms with E-state index in [2.05, 4.69) is 10.7 Å². The zero-order valence-corrected chi connectivity index (χ0v) is 10.2. The first kappa shape index (κ1) is 11.3. The second kappa shape index (κ2) is 4.86. The van der Waals surface area contributed by atoms with Crippen LogP contribution in [0, 0.1) is 0 Å². The van der Waals surface area contributed by atoms with Crippen molar-refractivity contribution in [3.63, 3.8) is 0 Å². The number of benzene rings is 2. The molecule has 94 valence electrons. The van der Waals surface area contributed by atoms with Gasteiger partial charge in [-0.25, -0.2) is 10.2 Å². The number of anilines is 1. The average molecular weight is 251 g/mol. The van der Waals surface area contributed by atoms with Gasteiger partial charge in [-0.2, -0.15) is 0 Å². The molecule has 0 radical (unpaired) electrons. The molecule has 3 rings (SSSR count). The summed E-state index contributed by atoms with van der Waals surface area (Å²) in [5.41, 5.74) is 4.50. The zero-order valence-electron chi connectivity index (χ0n) is 10.2. The highest BCUT2D eigenvalue weighted by Gasteiger charge is 2.04. The number of nitrogens with zero attached hydrogens (tertiary/aromatic N) is 1. The van der Waals surface area contributed by atoms with E-state index in [4.69, 9.17) is 0 Å². The molecule has 1 aromatic heterocycles. The lowest BCUT2D eigenvalue weighted by Gasteiger charge is -2.09. The molecule has 0 aliphatic heterocycles. The molecule has 0 saturated carbocycles. The molecule has 0 atom stereocenters. The molecule has 19 heavy (non-hydrogen) atoms. The van der Waals surface area contributed by atoms with Crippen molar-refractivity contribution >= 4 is 22.6 Å². The van der Waals surface area contributed by atoms with Crippen molar-refractivity contribution in [1.29, 1.82) is 0 Å². The number of urea groups is 1. The van der Waals surface area contributed by atoms with Gasteiger partial charge in [0.25, 0.3) is 0 Å². The van der Waals surface area contributed by atoms with E-state index >= 15 is 0 Å². The monoisotopic (exact) mass is 251 g/mol. The number of aromatic nitrogens is 1. The van der Waals surface area contributed by atoms with Crippen LogP contribution in [0.4, 0.5) is 10.5 Å². The van der Waals surface area contributed by atoms with Crippen LogP contribution in [0.3, 0.4) is 0 Å². The zero-order chi connectivity index (χ0) is 13.1. The van der Waals surface area contributed by atoms with Gasteiger partial charge >= 0.3 is 6.03 Å². The highest BCUT2D eigenvalue weighted by atomic mass is 16.2. The molecule has 2 amide bonds. The summed E-state index contributed by atoms with van der Waals surface area (Å²) >= 11 is 0. The van der Waals surface area contributed by atoms with Gasteiger partial charge in [-0.3, -0.25) is 4.68 Å². The molecule has 0 spiro atoms. The summed E-state index contributed by atoms with van der Waals surface area (Å²) in [6.07, 6.45) is 1.83. The maximum absolute atomic E-state index is 11.9. The lowest BCUT2D eigenvalue weighted by Crippen LogP contribution is -2.26. The Morgan fingerprint density at radius 3 is 2.47 bits per heavy atom. The molecule has 2 aromatic carbocycles. The summed E-state index contributed by atoms with van der Waals surface area (Å²) in [5, 5.41) is 3.86. The number of rotatable bonds is 2. The van der Waals surface area contributed by atoms with Crippen LogP contribution in [0.5, 0.6) is 0 Å². The van der Waals surface area contributed by atoms with Crippen LogP contribution in [-0.4, -0.2) is 10.7 Å². The summed E-state index contributed by atoms with van der Waals surface area (Å²) < 4.78 is 1.70. The standard InChI is InChI=1S/C15H13N3O/c19-15(16-13-7-2-1-3-8-13)17-18-11-10-12-6-4-5-9-14(12)18/h1-11H,(H2,16,17,19). The predicted octanol–water partition coefficient (Wildman–Crippen LogP) is 3.42. The average Bonchev–Trinajstić information content (AvgIpc) is 2.83. The molecular formula is C15H13N3O. The molecule has 4 heteroatoms. The Labute approximate surface area is 110 Å². The van der Waals surface area contributed by atoms with Gasteiger partial charge in [-0.05, 0) is 24.3 Å². The van der Waals surface area contributed by atoms with Gasteiger partial charge in [0.1, 0.15) is 0 Å². The number of hydrogen-bond donors (Lipinski definition) is 2. The molecular weight excluding hydrogens is 238 g/mol. The summed E-state index contributed by atoms with van der Waals surface area (Å²) in [5.74, 6) is 0. The highest BCUT2D eigenvalue weighted by molar-refractivity contribution is 5.96. The number of para-hydroxylation sites is 2. The van der Waals surface area contributed by atoms with Crippen LogP contribution < -0.4 is 10.7 Å². The smallest absolute Gasteiger partial charge is 0.307 e. The Balaban J connectivity index is 1.76. The summed E-state index contributed by atoms with van der Waals surface area (Å²) in [7, 11) is 0. The minimum Gasteiger partial charge on any atom is -0.307 e. The number of nitrogens with one attached hydrogen (secondary N) is 2. The third-order valence-corrected chi connectivity index (χ3v) is 2.85. The van der Waals surface area contributed by atoms with Crippen molar-refractivity contribution in [2.75, 3.05) is 10.7 Å². The maximum Gasteiger partial charge on any atom is 0.338 e. The Morgan fingerprint density at radius 1 is 0.895 bits per heavy atom. The fraction of sp³-hybridized carbons (Fsp3) is 0. The first-order valence-electron chi connectivity index (χ1n) is 6.02. The quantitative estimate of drug-likeness (QED) is 0.720. The second-order valence-corrected chi connectivity index (χ2v) is 4.18. The van der Waals surface area contributed by atoms with Crippen LogP contribution in [0.15, 0.2) is 66.9 Å². The van der Waals surface area contributed by atoms with E-state index in [1.54, 1.807) is 4.68 Å². The van der Waals surface area contributed by atoms with E-state index in [-0.39, 0.29) is 6.03 Å². The van der Waals surface area contributed by atoms with E-state index in [0.717, 1.165) is 16.6 Å². The van der Waals surface area contributed by atoms with Crippen LogP contribution in [-0.2, 0) is 0 Å². The minimum absolute atomic E-state index is 0.271. The molecule has 0 bridgehead atoms. The van der Waals surface area contributed by atoms with Crippen molar-refractivity contribution in [2.45, 2.75) is 0 Å². The van der Waals surface area contributed by atoms with Gasteiger partial charge in [0.05, 0.1) is 5.52 Å². The van der Waals surface area contributed by atoms with Crippen molar-refractivity contribution in [1.82, 2.24) is 4.68 Å². The van der Waals surface area contributed by atoms with Crippen molar-refractivity contribution in [3.8, 4) is 0 Å². The van der Waals surface area contributed by atoms with Crippen LogP contribution in [0.1, 0.15) is 0 Å². The molecule has 0 fully saturated rings. The van der Waals surface area contributed by atoms with Gasteiger partial charge in [0, 0.05) is 17.3 Å². The molecule has 4 nitrogen and oxygen atoms in total. The predicted molar refractivity (Wildman–Crippen MR) is 76.8 cm³/mol. The topological polar surface area (TPSA) is 46.1 Å². The summed E-state index contributed by atoms with van der Waals surface area (Å²) in [4.78, 5) is 11.9. The van der Waals surface area contributed by atoms with E-state index in [0.29, 0.717) is 0 Å². The molecule has 1 heterocycles. The Hall–Kier alpha value is -2.75. The van der Waals surface area contributed by atoms with E-state index in [9.17, 15) is 4.79 Å². The first-order chi connectivity index (χ1) is 9.33. The third-order valence-electron chi connectivity index (χ3n) is 2.85. The SMILES string of the molecule is O=C(Nc1ccccc1)Nn1ccc2ccccc21. The molecule has 0 unspecified atom stereocenters. The number of fused-ring (bicyclic) bond motifs is 1. The van der Waals surface area contributed by atoms with Crippen LogP contribution in [0.2, 0.25) is 0 Å². The lowest BCUT2D eigenvalue weighted by molar-refractivity contribution is 0.260. The molecule has 0 aliphatic rings. The van der Waals surface area contributed by atoms with Crippen LogP contribution >= 0.6 is 0 Å². The maximum atomic E-state index is 11.9. The highest BCUT2D eigenvalue weighted by Crippen LogP contribution is 2.13. The minimum atomic E-state index is -0.271. The number of hydrogen-bond acceptors (Lipinski definition) is 1. The summed E-state index contributed by atoms with van der Waals surface area (Å²) in [6, 6.07) is 18.9. The van der Waals surface area contributed by atoms with Crippen molar-refractivity contribution in [3.05, 3.63) is 66.9 Å². The second-order valence-electron chi connectivity index (χ2n) is 4.18. The normalized spacial score (nSPS) is 10.3. The Kier molecular flexibility index (Phi) is 2.90. The number of carbonyl (C=O) groups is 1. The lowest BCUT2D eigenvalue weighted by atomic mass is 10.3. The Bertz CT molecular complexity index is 703. The third kappa shape index (κ3) is 2.42. The molecule has 3 aromatic rings. The van der Waals surface area contributed by atoms with Gasteiger partial charge in [-0.15, -0.1) is 0 Å². The van der Waals surface area contributed by atoms with Crippen molar-refractivity contribution < 1.29 is 4.79 Å². The first-order valence-corrected chi connectivity index (χ1v) is 6.02. The van der Waals surface area contributed by atoms with E-state index < -0.39 is 0 Å². The fourth-order valence-electron chi connectivity index (χ4n) is 1.97. The van der Waals surface area contributed by atoms with E-state index in [1.807, 2.05) is 66.9 Å². The van der Waals surface area contributed by atoms with Crippen LogP contribution in [0.25, 0.3) is 10.9 Å². The molecule has 2 N–H and O–H groups in total. The Morgan fingerprint density at radius 2 is 1.63 bits per heavy atom. The van der Waals surface area contributed by atoms with Gasteiger partial charge < -0.3 is 5.32 Å². The van der Waals surface area contributed by atoms with Gasteiger partial charge in [-0.1, -0.05) is 36.4 Å². The number of amides is 2. The number of carbonyl (C=O) groups excluding carboxylic acids is 1. The molecule has 0 aliphatic carbocycles. The van der Waals surface area contributed by atoms with Gasteiger partial charge in [0.2, 0.25) is 0 Å². The molecule has 0 saturated heterocycles. The van der Waals surface area contributed by atoms with Crippen molar-refractivity contribution in [2.24, 2.45) is 0 Å². The fourth-order valence-corrected chi connectivity index (χ4v) is 1.97. The summed E-state index contributed by atoms with van der Waals surface area (Å²) in [6.45, 7) is 0. The van der Waals surface area contributed by atoms with Gasteiger partial charge in [0.15, 0.2) is 0 Å².